The molecule has 0 saturated carbocycles. The summed E-state index contributed by atoms with van der Waals surface area (Å²) >= 11 is 5.45. The van der Waals surface area contributed by atoms with Crippen molar-refractivity contribution in [2.45, 2.75) is 40.7 Å². The normalized spacial score (nSPS) is 11.9. The second kappa shape index (κ2) is 6.93. The molecule has 0 saturated heterocycles. The van der Waals surface area contributed by atoms with Gasteiger partial charge in [-0.1, -0.05) is 29.8 Å². The average Bonchev–Trinajstić information content (AvgIpc) is 2.39. The molecule has 1 atom stereocenters. The Kier molecular flexibility index (Phi) is 5.19. The third-order valence-corrected chi connectivity index (χ3v) is 3.95. The van der Waals surface area contributed by atoms with E-state index >= 15 is 0 Å². The zero-order valence-electron chi connectivity index (χ0n) is 13.9. The number of thiocarbonyl (C=S) groups is 1. The molecule has 22 heavy (non-hydrogen) atoms. The van der Waals surface area contributed by atoms with E-state index in [1.54, 1.807) is 0 Å². The predicted molar refractivity (Wildman–Crippen MR) is 99.6 cm³/mol. The molecule has 0 radical (unpaired) electrons. The SMILES string of the molecule is Cc1cc(C)cc(NC(=S)N[C@@H](C)c2cc(C)ccc2C)c1. The standard InChI is InChI=1S/C19H24N2S/c1-12-6-7-15(4)18(11-12)16(5)20-19(22)21-17-9-13(2)8-14(3)10-17/h6-11,16H,1-5H3,(H2,20,21,22)/t16-/m0/s1. The largest absolute Gasteiger partial charge is 0.356 e. The molecule has 2 nitrogen and oxygen atoms in total. The molecule has 0 bridgehead atoms. The summed E-state index contributed by atoms with van der Waals surface area (Å²) in [5, 5.41) is 7.30. The highest BCUT2D eigenvalue weighted by molar-refractivity contribution is 7.80. The van der Waals surface area contributed by atoms with Crippen molar-refractivity contribution in [1.29, 1.82) is 0 Å². The predicted octanol–water partition coefficient (Wildman–Crippen LogP) is 4.97. The van der Waals surface area contributed by atoms with Gasteiger partial charge >= 0.3 is 0 Å². The molecule has 2 N–H and O–H groups in total. The van der Waals surface area contributed by atoms with Crippen LogP contribution in [0.1, 0.15) is 40.8 Å². The number of benzene rings is 2. The second-order valence-corrected chi connectivity index (χ2v) is 6.46. The Morgan fingerprint density at radius 3 is 2.18 bits per heavy atom. The Morgan fingerprint density at radius 2 is 1.55 bits per heavy atom. The first kappa shape index (κ1) is 16.5. The summed E-state index contributed by atoms with van der Waals surface area (Å²) in [5.41, 5.74) is 7.32. The summed E-state index contributed by atoms with van der Waals surface area (Å²) in [4.78, 5) is 0. The fourth-order valence-corrected chi connectivity index (χ4v) is 3.01. The van der Waals surface area contributed by atoms with Crippen LogP contribution < -0.4 is 10.6 Å². The first-order valence-electron chi connectivity index (χ1n) is 7.58. The van der Waals surface area contributed by atoms with Crippen molar-refractivity contribution >= 4 is 23.0 Å². The van der Waals surface area contributed by atoms with Crippen molar-refractivity contribution in [2.24, 2.45) is 0 Å². The van der Waals surface area contributed by atoms with E-state index in [0.717, 1.165) is 5.69 Å². The van der Waals surface area contributed by atoms with E-state index in [1.807, 2.05) is 0 Å². The van der Waals surface area contributed by atoms with E-state index in [9.17, 15) is 0 Å². The van der Waals surface area contributed by atoms with E-state index in [1.165, 1.54) is 27.8 Å². The van der Waals surface area contributed by atoms with Gasteiger partial charge in [0.1, 0.15) is 0 Å². The number of rotatable bonds is 3. The van der Waals surface area contributed by atoms with Crippen molar-refractivity contribution in [3.63, 3.8) is 0 Å². The van der Waals surface area contributed by atoms with Crippen LogP contribution in [0.15, 0.2) is 36.4 Å². The monoisotopic (exact) mass is 312 g/mol. The van der Waals surface area contributed by atoms with Crippen LogP contribution in [0.3, 0.4) is 0 Å². The van der Waals surface area contributed by atoms with Gasteiger partial charge in [-0.3, -0.25) is 0 Å². The highest BCUT2D eigenvalue weighted by Gasteiger charge is 2.10. The molecule has 0 spiro atoms. The number of nitrogens with one attached hydrogen (secondary N) is 2. The van der Waals surface area contributed by atoms with E-state index in [0.29, 0.717) is 5.11 Å². The van der Waals surface area contributed by atoms with Crippen LogP contribution in [0.5, 0.6) is 0 Å². The average molecular weight is 312 g/mol. The quantitative estimate of drug-likeness (QED) is 0.783. The van der Waals surface area contributed by atoms with Crippen LogP contribution in [-0.2, 0) is 0 Å². The molecule has 0 heterocycles. The number of hydrogen-bond donors (Lipinski definition) is 2. The zero-order chi connectivity index (χ0) is 16.3. The molecule has 0 aliphatic heterocycles. The minimum Gasteiger partial charge on any atom is -0.356 e. The van der Waals surface area contributed by atoms with Gasteiger partial charge in [-0.15, -0.1) is 0 Å². The molecule has 0 aliphatic carbocycles. The Bertz CT molecular complexity index is 672. The van der Waals surface area contributed by atoms with Gasteiger partial charge in [0.05, 0.1) is 6.04 Å². The first-order valence-corrected chi connectivity index (χ1v) is 7.99. The van der Waals surface area contributed by atoms with E-state index in [-0.39, 0.29) is 6.04 Å². The molecule has 2 rings (SSSR count). The van der Waals surface area contributed by atoms with Gasteiger partial charge in [0.25, 0.3) is 0 Å². The lowest BCUT2D eigenvalue weighted by Gasteiger charge is -2.20. The molecule has 0 fully saturated rings. The highest BCUT2D eigenvalue weighted by atomic mass is 32.1. The molecule has 2 aromatic rings. The maximum atomic E-state index is 5.45. The van der Waals surface area contributed by atoms with Crippen LogP contribution in [0.2, 0.25) is 0 Å². The maximum Gasteiger partial charge on any atom is 0.171 e. The molecule has 3 heteroatoms. The Balaban J connectivity index is 2.06. The molecule has 0 aromatic heterocycles. The maximum absolute atomic E-state index is 5.45. The lowest BCUT2D eigenvalue weighted by Crippen LogP contribution is -2.31. The van der Waals surface area contributed by atoms with Crippen LogP contribution in [0.25, 0.3) is 0 Å². The number of anilines is 1. The van der Waals surface area contributed by atoms with Gasteiger partial charge in [-0.2, -0.15) is 0 Å². The fraction of sp³-hybridized carbons (Fsp3) is 0.316. The van der Waals surface area contributed by atoms with Crippen molar-refractivity contribution < 1.29 is 0 Å². The Morgan fingerprint density at radius 1 is 0.909 bits per heavy atom. The van der Waals surface area contributed by atoms with Crippen molar-refractivity contribution in [3.05, 3.63) is 64.2 Å². The lowest BCUT2D eigenvalue weighted by atomic mass is 10.0. The fourth-order valence-electron chi connectivity index (χ4n) is 2.71. The molecule has 0 unspecified atom stereocenters. The molecule has 116 valence electrons. The van der Waals surface area contributed by atoms with Crippen molar-refractivity contribution in [1.82, 2.24) is 5.32 Å². The molecule has 0 aliphatic rings. The van der Waals surface area contributed by atoms with Gasteiger partial charge in [0, 0.05) is 5.69 Å². The minimum atomic E-state index is 0.172. The smallest absolute Gasteiger partial charge is 0.171 e. The number of hydrogen-bond acceptors (Lipinski definition) is 1. The Labute approximate surface area is 139 Å². The van der Waals surface area contributed by atoms with E-state index in [4.69, 9.17) is 12.2 Å². The van der Waals surface area contributed by atoms with Gasteiger partial charge < -0.3 is 10.6 Å². The summed E-state index contributed by atoms with van der Waals surface area (Å²) in [6.07, 6.45) is 0. The van der Waals surface area contributed by atoms with Gasteiger partial charge in [0.2, 0.25) is 0 Å². The highest BCUT2D eigenvalue weighted by Crippen LogP contribution is 2.19. The second-order valence-electron chi connectivity index (χ2n) is 6.06. The zero-order valence-corrected chi connectivity index (χ0v) is 14.8. The van der Waals surface area contributed by atoms with E-state index < -0.39 is 0 Å². The summed E-state index contributed by atoms with van der Waals surface area (Å²) in [7, 11) is 0. The Hall–Kier alpha value is -1.87. The topological polar surface area (TPSA) is 24.1 Å². The lowest BCUT2D eigenvalue weighted by molar-refractivity contribution is 0.716. The summed E-state index contributed by atoms with van der Waals surface area (Å²) in [6.45, 7) is 10.6. The molecule has 0 amide bonds. The summed E-state index contributed by atoms with van der Waals surface area (Å²) in [6, 6.07) is 13.0. The van der Waals surface area contributed by atoms with Gasteiger partial charge in [0.15, 0.2) is 5.11 Å². The minimum absolute atomic E-state index is 0.172. The molecular weight excluding hydrogens is 288 g/mol. The van der Waals surface area contributed by atoms with Crippen LogP contribution >= 0.6 is 12.2 Å². The van der Waals surface area contributed by atoms with Gasteiger partial charge in [-0.25, -0.2) is 0 Å². The van der Waals surface area contributed by atoms with Gasteiger partial charge in [-0.05, 0) is 81.2 Å². The van der Waals surface area contributed by atoms with Crippen LogP contribution in [0, 0.1) is 27.7 Å². The summed E-state index contributed by atoms with van der Waals surface area (Å²) < 4.78 is 0. The van der Waals surface area contributed by atoms with Crippen LogP contribution in [-0.4, -0.2) is 5.11 Å². The third-order valence-electron chi connectivity index (χ3n) is 3.73. The van der Waals surface area contributed by atoms with Crippen molar-refractivity contribution in [3.8, 4) is 0 Å². The molecular formula is C19H24N2S. The third kappa shape index (κ3) is 4.31. The molecule has 2 aromatic carbocycles. The summed E-state index contributed by atoms with van der Waals surface area (Å²) in [5.74, 6) is 0. The first-order chi connectivity index (χ1) is 10.3. The van der Waals surface area contributed by atoms with Crippen LogP contribution in [0.4, 0.5) is 5.69 Å². The van der Waals surface area contributed by atoms with E-state index in [2.05, 4.69) is 81.7 Å². The van der Waals surface area contributed by atoms with Crippen molar-refractivity contribution in [2.75, 3.05) is 5.32 Å². The number of aryl methyl sites for hydroxylation is 4.